The molecule has 1 aliphatic rings. The number of carbonyl (C=O) groups excluding carboxylic acids is 1. The Bertz CT molecular complexity index is 957. The van der Waals surface area contributed by atoms with Crippen molar-refractivity contribution in [3.05, 3.63) is 53.6 Å². The van der Waals surface area contributed by atoms with Gasteiger partial charge in [0.15, 0.2) is 21.6 Å². The predicted octanol–water partition coefficient (Wildman–Crippen LogP) is 4.55. The molecule has 1 N–H and O–H groups in total. The van der Waals surface area contributed by atoms with Crippen LogP contribution in [0, 0.1) is 0 Å². The maximum Gasteiger partial charge on any atom is 0.231 e. The van der Waals surface area contributed by atoms with Gasteiger partial charge in [-0.15, -0.1) is 10.2 Å². The van der Waals surface area contributed by atoms with Gasteiger partial charge in [-0.3, -0.25) is 4.79 Å². The average Bonchev–Trinajstić information content (AvgIpc) is 3.35. The first-order valence-corrected chi connectivity index (χ1v) is 10.3. The molecule has 0 unspecified atom stereocenters. The number of Topliss-reactive ketones (excluding diaryl/α,β-unsaturated/α-hetero) is 1. The molecule has 2 heterocycles. The molecule has 2 aromatic carbocycles. The first kappa shape index (κ1) is 17.8. The van der Waals surface area contributed by atoms with E-state index in [-0.39, 0.29) is 12.6 Å². The van der Waals surface area contributed by atoms with E-state index in [0.717, 1.165) is 16.4 Å². The minimum absolute atomic E-state index is 0.0122. The molecule has 6 nitrogen and oxygen atoms in total. The van der Waals surface area contributed by atoms with Crippen LogP contribution in [0.5, 0.6) is 11.5 Å². The number of hydrogen-bond acceptors (Lipinski definition) is 8. The van der Waals surface area contributed by atoms with Gasteiger partial charge in [0.2, 0.25) is 11.9 Å². The van der Waals surface area contributed by atoms with Crippen LogP contribution in [-0.2, 0) is 6.42 Å². The Balaban J connectivity index is 1.34. The number of rotatable bonds is 7. The van der Waals surface area contributed by atoms with Gasteiger partial charge in [-0.05, 0) is 42.3 Å². The summed E-state index contributed by atoms with van der Waals surface area (Å²) in [6.45, 7) is 2.32. The molecule has 0 fully saturated rings. The molecule has 1 aromatic heterocycles. The number of fused-ring (bicyclic) bond motifs is 1. The standard InChI is InChI=1S/C19H17N3O3S2/c1-2-12-3-6-14(7-4-12)20-18-21-22-19(27-18)26-10-15(23)13-5-8-16-17(9-13)25-11-24-16/h3-9H,2,10-11H2,1H3,(H,20,21). The quantitative estimate of drug-likeness (QED) is 0.461. The van der Waals surface area contributed by atoms with Gasteiger partial charge in [-0.1, -0.05) is 42.2 Å². The highest BCUT2D eigenvalue weighted by Gasteiger charge is 2.17. The van der Waals surface area contributed by atoms with Gasteiger partial charge in [-0.2, -0.15) is 0 Å². The van der Waals surface area contributed by atoms with Crippen molar-refractivity contribution < 1.29 is 14.3 Å². The lowest BCUT2D eigenvalue weighted by molar-refractivity contribution is 0.102. The zero-order valence-corrected chi connectivity index (χ0v) is 16.2. The average molecular weight is 399 g/mol. The van der Waals surface area contributed by atoms with Crippen molar-refractivity contribution in [1.82, 2.24) is 10.2 Å². The minimum atomic E-state index is 0.0122. The Hall–Kier alpha value is -2.58. The third kappa shape index (κ3) is 4.23. The van der Waals surface area contributed by atoms with Gasteiger partial charge in [-0.25, -0.2) is 0 Å². The molecule has 0 amide bonds. The first-order valence-electron chi connectivity index (χ1n) is 8.46. The van der Waals surface area contributed by atoms with E-state index in [1.807, 2.05) is 12.1 Å². The van der Waals surface area contributed by atoms with E-state index in [1.54, 1.807) is 18.2 Å². The van der Waals surface area contributed by atoms with E-state index in [2.05, 4.69) is 34.6 Å². The van der Waals surface area contributed by atoms with Crippen molar-refractivity contribution in [2.75, 3.05) is 17.9 Å². The van der Waals surface area contributed by atoms with Crippen molar-refractivity contribution in [2.45, 2.75) is 17.7 Å². The summed E-state index contributed by atoms with van der Waals surface area (Å²) in [6.07, 6.45) is 1.01. The Morgan fingerprint density at radius 1 is 1.15 bits per heavy atom. The number of anilines is 2. The third-order valence-corrected chi connectivity index (χ3v) is 6.01. The summed E-state index contributed by atoms with van der Waals surface area (Å²) >= 11 is 2.81. The van der Waals surface area contributed by atoms with Crippen LogP contribution in [0.25, 0.3) is 0 Å². The van der Waals surface area contributed by atoms with Gasteiger partial charge >= 0.3 is 0 Å². The molecule has 1 aliphatic heterocycles. The number of hydrogen-bond donors (Lipinski definition) is 1. The highest BCUT2D eigenvalue weighted by Crippen LogP contribution is 2.33. The predicted molar refractivity (Wildman–Crippen MR) is 107 cm³/mol. The second-order valence-electron chi connectivity index (χ2n) is 5.83. The topological polar surface area (TPSA) is 73.3 Å². The molecular formula is C19H17N3O3S2. The number of nitrogens with zero attached hydrogens (tertiary/aromatic N) is 2. The van der Waals surface area contributed by atoms with Crippen molar-refractivity contribution in [2.24, 2.45) is 0 Å². The molecule has 0 radical (unpaired) electrons. The lowest BCUT2D eigenvalue weighted by Crippen LogP contribution is -2.02. The number of thioether (sulfide) groups is 1. The Kier molecular flexibility index (Phi) is 5.26. The van der Waals surface area contributed by atoms with Gasteiger partial charge in [0.1, 0.15) is 0 Å². The second-order valence-corrected chi connectivity index (χ2v) is 8.03. The van der Waals surface area contributed by atoms with E-state index in [9.17, 15) is 4.79 Å². The summed E-state index contributed by atoms with van der Waals surface area (Å²) in [6, 6.07) is 13.5. The summed E-state index contributed by atoms with van der Waals surface area (Å²) in [4.78, 5) is 12.4. The van der Waals surface area contributed by atoms with Crippen LogP contribution in [0.4, 0.5) is 10.8 Å². The van der Waals surface area contributed by atoms with E-state index >= 15 is 0 Å². The maximum absolute atomic E-state index is 12.4. The molecular weight excluding hydrogens is 382 g/mol. The number of nitrogens with one attached hydrogen (secondary N) is 1. The minimum Gasteiger partial charge on any atom is -0.454 e. The van der Waals surface area contributed by atoms with Gasteiger partial charge < -0.3 is 14.8 Å². The number of carbonyl (C=O) groups is 1. The van der Waals surface area contributed by atoms with Crippen LogP contribution in [0.15, 0.2) is 46.8 Å². The number of ketones is 1. The monoisotopic (exact) mass is 399 g/mol. The molecule has 0 atom stereocenters. The Labute approximate surface area is 164 Å². The van der Waals surface area contributed by atoms with Crippen molar-refractivity contribution in [1.29, 1.82) is 0 Å². The van der Waals surface area contributed by atoms with Crippen molar-refractivity contribution in [3.8, 4) is 11.5 Å². The number of ether oxygens (including phenoxy) is 2. The summed E-state index contributed by atoms with van der Waals surface area (Å²) in [7, 11) is 0. The first-order chi connectivity index (χ1) is 13.2. The highest BCUT2D eigenvalue weighted by atomic mass is 32.2. The second kappa shape index (κ2) is 7.98. The fraction of sp³-hybridized carbons (Fsp3) is 0.211. The third-order valence-electron chi connectivity index (χ3n) is 4.04. The van der Waals surface area contributed by atoms with Crippen molar-refractivity contribution >= 4 is 39.7 Å². The molecule has 3 aromatic rings. The van der Waals surface area contributed by atoms with E-state index < -0.39 is 0 Å². The molecule has 8 heteroatoms. The van der Waals surface area contributed by atoms with Crippen LogP contribution in [-0.4, -0.2) is 28.5 Å². The maximum atomic E-state index is 12.4. The van der Waals surface area contributed by atoms with Gasteiger partial charge in [0.05, 0.1) is 5.75 Å². The van der Waals surface area contributed by atoms with Crippen LogP contribution in [0.1, 0.15) is 22.8 Å². The van der Waals surface area contributed by atoms with Crippen LogP contribution < -0.4 is 14.8 Å². The van der Waals surface area contributed by atoms with Gasteiger partial charge in [0.25, 0.3) is 0 Å². The SMILES string of the molecule is CCc1ccc(Nc2nnc(SCC(=O)c3ccc4c(c3)OCO4)s2)cc1. The molecule has 27 heavy (non-hydrogen) atoms. The fourth-order valence-electron chi connectivity index (χ4n) is 2.55. The normalized spacial score (nSPS) is 12.2. The Morgan fingerprint density at radius 2 is 1.96 bits per heavy atom. The molecule has 138 valence electrons. The van der Waals surface area contributed by atoms with Gasteiger partial charge in [0, 0.05) is 11.3 Å². The summed E-state index contributed by atoms with van der Waals surface area (Å²) < 4.78 is 11.3. The lowest BCUT2D eigenvalue weighted by Gasteiger charge is -2.02. The lowest BCUT2D eigenvalue weighted by atomic mass is 10.1. The van der Waals surface area contributed by atoms with Crippen LogP contribution in [0.2, 0.25) is 0 Å². The largest absolute Gasteiger partial charge is 0.454 e. The van der Waals surface area contributed by atoms with Crippen LogP contribution in [0.3, 0.4) is 0 Å². The molecule has 0 aliphatic carbocycles. The highest BCUT2D eigenvalue weighted by molar-refractivity contribution is 8.01. The summed E-state index contributed by atoms with van der Waals surface area (Å²) in [5.74, 6) is 1.59. The number of aryl methyl sites for hydroxylation is 1. The molecule has 0 saturated carbocycles. The number of aromatic nitrogens is 2. The number of benzene rings is 2. The zero-order valence-electron chi connectivity index (χ0n) is 14.6. The Morgan fingerprint density at radius 3 is 2.78 bits per heavy atom. The molecule has 4 rings (SSSR count). The summed E-state index contributed by atoms with van der Waals surface area (Å²) in [5, 5.41) is 12.2. The smallest absolute Gasteiger partial charge is 0.231 e. The molecule has 0 bridgehead atoms. The fourth-order valence-corrected chi connectivity index (χ4v) is 4.21. The van der Waals surface area contributed by atoms with E-state index in [4.69, 9.17) is 9.47 Å². The molecule has 0 spiro atoms. The zero-order chi connectivity index (χ0) is 18.6. The van der Waals surface area contributed by atoms with E-state index in [0.29, 0.717) is 27.9 Å². The van der Waals surface area contributed by atoms with Crippen LogP contribution >= 0.6 is 23.1 Å². The summed E-state index contributed by atoms with van der Waals surface area (Å²) in [5.41, 5.74) is 2.86. The van der Waals surface area contributed by atoms with Crippen molar-refractivity contribution in [3.63, 3.8) is 0 Å². The van der Waals surface area contributed by atoms with E-state index in [1.165, 1.54) is 28.7 Å². The molecule has 0 saturated heterocycles.